The minimum Gasteiger partial charge on any atom is -0.480 e. The molecule has 1 fully saturated rings. The molecule has 2 aromatic carbocycles. The standard InChI is InChI=1S/C24H27N7O6S/c32-21(19-11-24(37-30-19)10-17(29-14-24)12-28-23-25-7-8-26-23)27-13-20(22(33)34)31-38(35,36)18-6-5-15-3-1-2-4-16(15)9-18/h1-9,17,20,29,31H,10-14H2,(H,27,32)(H,33,34)(H2,25,26,28)/t17?,20-,24?/m0/s1. The Balaban J connectivity index is 1.15. The number of rotatable bonds is 10. The fourth-order valence-corrected chi connectivity index (χ4v) is 5.79. The Labute approximate surface area is 218 Å². The van der Waals surface area contributed by atoms with Crippen molar-refractivity contribution in [2.75, 3.05) is 25.0 Å². The van der Waals surface area contributed by atoms with Gasteiger partial charge in [-0.25, -0.2) is 13.4 Å². The van der Waals surface area contributed by atoms with Crippen LogP contribution in [0.1, 0.15) is 12.8 Å². The van der Waals surface area contributed by atoms with Gasteiger partial charge in [0.1, 0.15) is 11.8 Å². The molecular weight excluding hydrogens is 514 g/mol. The topological polar surface area (TPSA) is 187 Å². The Hall–Kier alpha value is -4.01. The quantitative estimate of drug-likeness (QED) is 0.211. The SMILES string of the molecule is O=C(NC[C@H](NS(=O)(=O)c1ccc2ccccc2c1)C(=O)O)C1=NOC2(CNC(CNc3ncc[nH]3)C2)C1. The van der Waals surface area contributed by atoms with E-state index in [0.717, 1.165) is 5.39 Å². The Morgan fingerprint density at radius 2 is 2.03 bits per heavy atom. The van der Waals surface area contributed by atoms with E-state index in [1.54, 1.807) is 30.6 Å². The number of hydrogen-bond acceptors (Lipinski definition) is 9. The molecule has 5 rings (SSSR count). The number of carbonyl (C=O) groups is 2. The maximum absolute atomic E-state index is 12.9. The van der Waals surface area contributed by atoms with Crippen LogP contribution < -0.4 is 20.7 Å². The van der Waals surface area contributed by atoms with E-state index in [1.807, 2.05) is 12.1 Å². The largest absolute Gasteiger partial charge is 0.480 e. The summed E-state index contributed by atoms with van der Waals surface area (Å²) >= 11 is 0. The molecular formula is C24H27N7O6S. The number of imidazole rings is 1. The second-order valence-corrected chi connectivity index (χ2v) is 11.0. The molecule has 1 amide bonds. The summed E-state index contributed by atoms with van der Waals surface area (Å²) in [6.07, 6.45) is 4.20. The average molecular weight is 542 g/mol. The number of nitrogens with zero attached hydrogens (tertiary/aromatic N) is 2. The average Bonchev–Trinajstić information content (AvgIpc) is 3.67. The van der Waals surface area contributed by atoms with E-state index in [1.165, 1.54) is 12.1 Å². The first kappa shape index (κ1) is 25.6. The number of hydrogen-bond donors (Lipinski definition) is 6. The lowest BCUT2D eigenvalue weighted by Gasteiger charge is -2.19. The lowest BCUT2D eigenvalue weighted by Crippen LogP contribution is -2.49. The molecule has 13 nitrogen and oxygen atoms in total. The van der Waals surface area contributed by atoms with Crippen molar-refractivity contribution >= 4 is 44.3 Å². The predicted molar refractivity (Wildman–Crippen MR) is 138 cm³/mol. The molecule has 3 aromatic rings. The highest BCUT2D eigenvalue weighted by Crippen LogP contribution is 2.32. The summed E-state index contributed by atoms with van der Waals surface area (Å²) in [5.74, 6) is -1.39. The number of aromatic amines is 1. The van der Waals surface area contributed by atoms with Gasteiger partial charge < -0.3 is 30.9 Å². The van der Waals surface area contributed by atoms with Crippen molar-refractivity contribution in [2.45, 2.75) is 35.4 Å². The number of aliphatic carboxylic acids is 1. The van der Waals surface area contributed by atoms with E-state index in [2.05, 4.69) is 35.8 Å². The van der Waals surface area contributed by atoms with E-state index in [9.17, 15) is 23.1 Å². The number of carboxylic acids is 1. The van der Waals surface area contributed by atoms with Crippen molar-refractivity contribution in [1.82, 2.24) is 25.3 Å². The van der Waals surface area contributed by atoms with Crippen LogP contribution in [0, 0.1) is 0 Å². The summed E-state index contributed by atoms with van der Waals surface area (Å²) in [6, 6.07) is 10.2. The molecule has 1 spiro atoms. The Bertz CT molecular complexity index is 1480. The van der Waals surface area contributed by atoms with Gasteiger partial charge in [-0.2, -0.15) is 4.72 Å². The van der Waals surface area contributed by atoms with Gasteiger partial charge in [-0.15, -0.1) is 0 Å². The summed E-state index contributed by atoms with van der Waals surface area (Å²) in [5.41, 5.74) is -0.556. The second-order valence-electron chi connectivity index (χ2n) is 9.32. The number of anilines is 1. The molecule has 2 aliphatic heterocycles. The number of H-pyrrole nitrogens is 1. The summed E-state index contributed by atoms with van der Waals surface area (Å²) in [7, 11) is -4.17. The third-order valence-corrected chi connectivity index (χ3v) is 8.01. The van der Waals surface area contributed by atoms with Crippen LogP contribution in [0.4, 0.5) is 5.95 Å². The highest BCUT2D eigenvalue weighted by Gasteiger charge is 2.47. The summed E-state index contributed by atoms with van der Waals surface area (Å²) < 4.78 is 27.9. The minimum absolute atomic E-state index is 0.0682. The number of amides is 1. The Morgan fingerprint density at radius 1 is 1.21 bits per heavy atom. The first-order chi connectivity index (χ1) is 18.2. The van der Waals surface area contributed by atoms with Crippen LogP contribution in [0.25, 0.3) is 10.8 Å². The predicted octanol–water partition coefficient (Wildman–Crippen LogP) is 0.400. The summed E-state index contributed by atoms with van der Waals surface area (Å²) in [5, 5.41) is 24.1. The number of carbonyl (C=O) groups excluding carboxylic acids is 1. The van der Waals surface area contributed by atoms with E-state index in [-0.39, 0.29) is 23.1 Å². The maximum atomic E-state index is 12.9. The highest BCUT2D eigenvalue weighted by molar-refractivity contribution is 7.89. The van der Waals surface area contributed by atoms with Crippen LogP contribution in [-0.4, -0.2) is 78.4 Å². The van der Waals surface area contributed by atoms with Gasteiger partial charge in [0.15, 0.2) is 11.5 Å². The van der Waals surface area contributed by atoms with E-state index in [0.29, 0.717) is 30.8 Å². The molecule has 1 aromatic heterocycles. The number of nitrogens with one attached hydrogen (secondary N) is 5. The fraction of sp³-hybridized carbons (Fsp3) is 0.333. The molecule has 0 aliphatic carbocycles. The van der Waals surface area contributed by atoms with Gasteiger partial charge in [-0.3, -0.25) is 9.59 Å². The first-order valence-corrected chi connectivity index (χ1v) is 13.5. The van der Waals surface area contributed by atoms with Crippen molar-refractivity contribution in [1.29, 1.82) is 0 Å². The van der Waals surface area contributed by atoms with Crippen LogP contribution in [0.15, 0.2) is 64.9 Å². The highest BCUT2D eigenvalue weighted by atomic mass is 32.2. The van der Waals surface area contributed by atoms with Crippen molar-refractivity contribution in [3.8, 4) is 0 Å². The molecule has 0 saturated carbocycles. The maximum Gasteiger partial charge on any atom is 0.323 e. The van der Waals surface area contributed by atoms with Crippen molar-refractivity contribution < 1.29 is 28.0 Å². The van der Waals surface area contributed by atoms with Gasteiger partial charge in [-0.1, -0.05) is 35.5 Å². The fourth-order valence-electron chi connectivity index (χ4n) is 4.56. The minimum atomic E-state index is -4.17. The summed E-state index contributed by atoms with van der Waals surface area (Å²) in [4.78, 5) is 37.1. The zero-order valence-corrected chi connectivity index (χ0v) is 21.0. The van der Waals surface area contributed by atoms with Crippen molar-refractivity contribution in [2.24, 2.45) is 5.16 Å². The summed E-state index contributed by atoms with van der Waals surface area (Å²) in [6.45, 7) is 0.611. The second kappa shape index (κ2) is 10.4. The van der Waals surface area contributed by atoms with Gasteiger partial charge in [0.2, 0.25) is 10.0 Å². The number of benzene rings is 2. The first-order valence-electron chi connectivity index (χ1n) is 12.0. The third kappa shape index (κ3) is 5.61. The van der Waals surface area contributed by atoms with Gasteiger partial charge >= 0.3 is 5.97 Å². The molecule has 6 N–H and O–H groups in total. The smallest absolute Gasteiger partial charge is 0.323 e. The van der Waals surface area contributed by atoms with E-state index in [4.69, 9.17) is 4.84 Å². The van der Waals surface area contributed by atoms with Gasteiger partial charge in [0.05, 0.1) is 4.90 Å². The molecule has 14 heteroatoms. The molecule has 3 heterocycles. The molecule has 1 saturated heterocycles. The number of aromatic nitrogens is 2. The van der Waals surface area contributed by atoms with Crippen LogP contribution in [0.2, 0.25) is 0 Å². The van der Waals surface area contributed by atoms with Crippen molar-refractivity contribution in [3.05, 3.63) is 54.9 Å². The number of sulfonamides is 1. The molecule has 3 atom stereocenters. The van der Waals surface area contributed by atoms with Crippen LogP contribution in [0.3, 0.4) is 0 Å². The lowest BCUT2D eigenvalue weighted by molar-refractivity contribution is -0.138. The molecule has 2 unspecified atom stereocenters. The Morgan fingerprint density at radius 3 is 2.79 bits per heavy atom. The normalized spacial score (nSPS) is 21.7. The Kier molecular flexibility index (Phi) is 7.01. The van der Waals surface area contributed by atoms with Gasteiger partial charge in [0.25, 0.3) is 5.91 Å². The molecule has 200 valence electrons. The van der Waals surface area contributed by atoms with Crippen molar-refractivity contribution in [3.63, 3.8) is 0 Å². The van der Waals surface area contributed by atoms with Gasteiger partial charge in [-0.05, 0) is 22.9 Å². The number of fused-ring (bicyclic) bond motifs is 1. The van der Waals surface area contributed by atoms with E-state index >= 15 is 0 Å². The molecule has 2 aliphatic rings. The van der Waals surface area contributed by atoms with E-state index < -0.39 is 40.1 Å². The lowest BCUT2D eigenvalue weighted by atomic mass is 9.94. The number of oxime groups is 1. The van der Waals surface area contributed by atoms with Crippen LogP contribution in [0.5, 0.6) is 0 Å². The number of carboxylic acid groups (broad SMARTS) is 1. The molecule has 0 bridgehead atoms. The molecule has 0 radical (unpaired) electrons. The zero-order valence-electron chi connectivity index (χ0n) is 20.2. The van der Waals surface area contributed by atoms with Crippen LogP contribution >= 0.6 is 0 Å². The monoisotopic (exact) mass is 541 g/mol. The van der Waals surface area contributed by atoms with Gasteiger partial charge in [0, 0.05) is 50.9 Å². The zero-order chi connectivity index (χ0) is 26.8. The molecule has 38 heavy (non-hydrogen) atoms. The third-order valence-electron chi connectivity index (χ3n) is 6.54. The van der Waals surface area contributed by atoms with Crippen LogP contribution in [-0.2, 0) is 24.4 Å².